The summed E-state index contributed by atoms with van der Waals surface area (Å²) in [5.41, 5.74) is 2.57. The van der Waals surface area contributed by atoms with E-state index in [1.807, 2.05) is 31.2 Å². The zero-order valence-corrected chi connectivity index (χ0v) is 16.8. The van der Waals surface area contributed by atoms with Crippen LogP contribution in [0, 0.1) is 6.92 Å². The van der Waals surface area contributed by atoms with Crippen molar-refractivity contribution in [2.24, 2.45) is 0 Å². The fourth-order valence-corrected chi connectivity index (χ4v) is 4.37. The number of fused-ring (bicyclic) bond motifs is 1. The van der Waals surface area contributed by atoms with Crippen LogP contribution in [0.5, 0.6) is 0 Å². The number of hydrogen-bond donors (Lipinski definition) is 2. The Bertz CT molecular complexity index is 798. The van der Waals surface area contributed by atoms with Gasteiger partial charge in [0, 0.05) is 17.0 Å². The van der Waals surface area contributed by atoms with E-state index >= 15 is 0 Å². The second-order valence-electron chi connectivity index (χ2n) is 7.09. The average Bonchev–Trinajstić information content (AvgIpc) is 3.07. The highest BCUT2D eigenvalue weighted by atomic mass is 32.1. The summed E-state index contributed by atoms with van der Waals surface area (Å²) in [6.45, 7) is 4.86. The number of unbranched alkanes of at least 4 members (excludes halogenated alkanes) is 2. The second kappa shape index (κ2) is 9.13. The van der Waals surface area contributed by atoms with Crippen LogP contribution in [0.2, 0.25) is 0 Å². The molecule has 2 aromatic rings. The highest BCUT2D eigenvalue weighted by Crippen LogP contribution is 2.37. The van der Waals surface area contributed by atoms with Gasteiger partial charge in [0.05, 0.1) is 11.6 Å². The number of nitrogens with one attached hydrogen (secondary N) is 2. The minimum atomic E-state index is -0.198. The lowest BCUT2D eigenvalue weighted by Gasteiger charge is -2.20. The number of benzene rings is 1. The largest absolute Gasteiger partial charge is 0.356 e. The molecule has 0 radical (unpaired) electrons. The minimum Gasteiger partial charge on any atom is -0.356 e. The Kier molecular flexibility index (Phi) is 6.61. The maximum absolute atomic E-state index is 12.6. The molecule has 0 aliphatic heterocycles. The van der Waals surface area contributed by atoms with Gasteiger partial charge in [-0.15, -0.1) is 11.3 Å². The van der Waals surface area contributed by atoms with E-state index in [1.54, 1.807) is 0 Å². The molecule has 0 bridgehead atoms. The lowest BCUT2D eigenvalue weighted by Crippen LogP contribution is -2.32. The molecular formula is C21H27N3O2S. The standard InChI is InChI=1S/C21H27N3O2S/c1-3-4-5-13-22-20(26)16-7-6-8-17-18(16)23-21(27-17)24-19(25)15-11-9-14(2)10-12-15/h9-12,16H,3-8,13H2,1-2H3,(H,22,26)(H,23,24,25). The monoisotopic (exact) mass is 385 g/mol. The molecule has 1 aromatic carbocycles. The van der Waals surface area contributed by atoms with Gasteiger partial charge in [-0.05, 0) is 44.7 Å². The van der Waals surface area contributed by atoms with Crippen molar-refractivity contribution in [1.82, 2.24) is 10.3 Å². The van der Waals surface area contributed by atoms with E-state index in [0.717, 1.165) is 61.2 Å². The Morgan fingerprint density at radius 2 is 2.00 bits per heavy atom. The molecule has 6 heteroatoms. The van der Waals surface area contributed by atoms with E-state index in [-0.39, 0.29) is 17.7 Å². The number of rotatable bonds is 7. The SMILES string of the molecule is CCCCCNC(=O)C1CCCc2sc(NC(=O)c3ccc(C)cc3)nc21. The number of anilines is 1. The van der Waals surface area contributed by atoms with Gasteiger partial charge >= 0.3 is 0 Å². The van der Waals surface area contributed by atoms with Crippen molar-refractivity contribution in [3.8, 4) is 0 Å². The lowest BCUT2D eigenvalue weighted by atomic mass is 9.90. The minimum absolute atomic E-state index is 0.0637. The predicted octanol–water partition coefficient (Wildman–Crippen LogP) is 4.43. The molecule has 2 N–H and O–H groups in total. The van der Waals surface area contributed by atoms with Crippen molar-refractivity contribution in [3.63, 3.8) is 0 Å². The molecule has 2 amide bonds. The van der Waals surface area contributed by atoms with Gasteiger partial charge in [-0.3, -0.25) is 14.9 Å². The fourth-order valence-electron chi connectivity index (χ4n) is 3.31. The first-order chi connectivity index (χ1) is 13.1. The summed E-state index contributed by atoms with van der Waals surface area (Å²) >= 11 is 1.49. The summed E-state index contributed by atoms with van der Waals surface area (Å²) in [5.74, 6) is -0.299. The van der Waals surface area contributed by atoms with Gasteiger partial charge < -0.3 is 5.32 Å². The van der Waals surface area contributed by atoms with Crippen LogP contribution in [0.4, 0.5) is 5.13 Å². The zero-order valence-electron chi connectivity index (χ0n) is 16.0. The Labute approximate surface area is 164 Å². The third-order valence-corrected chi connectivity index (χ3v) is 5.93. The quantitative estimate of drug-likeness (QED) is 0.693. The summed E-state index contributed by atoms with van der Waals surface area (Å²) in [5, 5.41) is 6.52. The summed E-state index contributed by atoms with van der Waals surface area (Å²) in [7, 11) is 0. The van der Waals surface area contributed by atoms with Crippen molar-refractivity contribution >= 4 is 28.3 Å². The van der Waals surface area contributed by atoms with E-state index in [4.69, 9.17) is 0 Å². The fraction of sp³-hybridized carbons (Fsp3) is 0.476. The Morgan fingerprint density at radius 3 is 2.74 bits per heavy atom. The van der Waals surface area contributed by atoms with Crippen LogP contribution in [0.25, 0.3) is 0 Å². The first-order valence-electron chi connectivity index (χ1n) is 9.73. The number of nitrogens with zero attached hydrogens (tertiary/aromatic N) is 1. The van der Waals surface area contributed by atoms with Crippen molar-refractivity contribution in [3.05, 3.63) is 46.0 Å². The summed E-state index contributed by atoms with van der Waals surface area (Å²) in [4.78, 5) is 30.7. The van der Waals surface area contributed by atoms with Crippen LogP contribution in [-0.2, 0) is 11.2 Å². The number of amides is 2. The average molecular weight is 386 g/mol. The second-order valence-corrected chi connectivity index (χ2v) is 8.17. The van der Waals surface area contributed by atoms with Crippen LogP contribution >= 0.6 is 11.3 Å². The topological polar surface area (TPSA) is 71.1 Å². The molecule has 1 aliphatic rings. The maximum atomic E-state index is 12.6. The molecule has 0 saturated carbocycles. The molecule has 5 nitrogen and oxygen atoms in total. The highest BCUT2D eigenvalue weighted by Gasteiger charge is 2.30. The lowest BCUT2D eigenvalue weighted by molar-refractivity contribution is -0.122. The molecule has 1 heterocycles. The molecule has 3 rings (SSSR count). The number of thiazole rings is 1. The first-order valence-corrected chi connectivity index (χ1v) is 10.6. The van der Waals surface area contributed by atoms with Crippen LogP contribution in [0.1, 0.15) is 71.4 Å². The van der Waals surface area contributed by atoms with E-state index in [9.17, 15) is 9.59 Å². The third-order valence-electron chi connectivity index (χ3n) is 4.88. The van der Waals surface area contributed by atoms with E-state index in [0.29, 0.717) is 10.7 Å². The summed E-state index contributed by atoms with van der Waals surface area (Å²) < 4.78 is 0. The van der Waals surface area contributed by atoms with E-state index in [2.05, 4.69) is 22.5 Å². The van der Waals surface area contributed by atoms with Crippen molar-refractivity contribution < 1.29 is 9.59 Å². The summed E-state index contributed by atoms with van der Waals surface area (Å²) in [6.07, 6.45) is 6.00. The highest BCUT2D eigenvalue weighted by molar-refractivity contribution is 7.15. The summed E-state index contributed by atoms with van der Waals surface area (Å²) in [6, 6.07) is 7.46. The molecule has 1 unspecified atom stereocenters. The number of carbonyl (C=O) groups is 2. The molecule has 1 aromatic heterocycles. The van der Waals surface area contributed by atoms with Crippen molar-refractivity contribution in [2.75, 3.05) is 11.9 Å². The Hall–Kier alpha value is -2.21. The van der Waals surface area contributed by atoms with Gasteiger partial charge in [0.2, 0.25) is 5.91 Å². The van der Waals surface area contributed by atoms with Crippen molar-refractivity contribution in [1.29, 1.82) is 0 Å². The Balaban J connectivity index is 1.67. The molecule has 0 saturated heterocycles. The third kappa shape index (κ3) is 4.95. The van der Waals surface area contributed by atoms with Gasteiger partial charge in [0.15, 0.2) is 5.13 Å². The number of hydrogen-bond acceptors (Lipinski definition) is 4. The van der Waals surface area contributed by atoms with Gasteiger partial charge in [-0.1, -0.05) is 37.5 Å². The molecule has 1 aliphatic carbocycles. The molecular weight excluding hydrogens is 358 g/mol. The van der Waals surface area contributed by atoms with Gasteiger partial charge in [0.25, 0.3) is 5.91 Å². The van der Waals surface area contributed by atoms with E-state index < -0.39 is 0 Å². The van der Waals surface area contributed by atoms with Gasteiger partial charge in [-0.2, -0.15) is 0 Å². The molecule has 0 fully saturated rings. The predicted molar refractivity (Wildman–Crippen MR) is 109 cm³/mol. The Morgan fingerprint density at radius 1 is 1.22 bits per heavy atom. The van der Waals surface area contributed by atoms with Crippen molar-refractivity contribution in [2.45, 2.75) is 58.3 Å². The van der Waals surface area contributed by atoms with E-state index in [1.165, 1.54) is 11.3 Å². The molecule has 27 heavy (non-hydrogen) atoms. The molecule has 1 atom stereocenters. The molecule has 144 valence electrons. The molecule has 0 spiro atoms. The van der Waals surface area contributed by atoms with Crippen LogP contribution in [-0.4, -0.2) is 23.3 Å². The van der Waals surface area contributed by atoms with Gasteiger partial charge in [0.1, 0.15) is 0 Å². The smallest absolute Gasteiger partial charge is 0.257 e. The van der Waals surface area contributed by atoms with Crippen LogP contribution in [0.15, 0.2) is 24.3 Å². The number of carbonyl (C=O) groups excluding carboxylic acids is 2. The first kappa shape index (κ1) is 19.5. The zero-order chi connectivity index (χ0) is 19.2. The van der Waals surface area contributed by atoms with Gasteiger partial charge in [-0.25, -0.2) is 4.98 Å². The normalized spacial score (nSPS) is 15.9. The maximum Gasteiger partial charge on any atom is 0.257 e. The number of aryl methyl sites for hydroxylation is 2. The van der Waals surface area contributed by atoms with Crippen LogP contribution in [0.3, 0.4) is 0 Å². The van der Waals surface area contributed by atoms with Crippen LogP contribution < -0.4 is 10.6 Å². The number of aromatic nitrogens is 1.